The van der Waals surface area contributed by atoms with E-state index in [4.69, 9.17) is 14.8 Å². The number of aromatic nitrogens is 2. The van der Waals surface area contributed by atoms with Crippen LogP contribution in [0, 0.1) is 0 Å². The summed E-state index contributed by atoms with van der Waals surface area (Å²) >= 11 is 3.43. The molecule has 0 fully saturated rings. The molecule has 0 aliphatic carbocycles. The molecule has 190 valence electrons. The quantitative estimate of drug-likeness (QED) is 0.284. The molecule has 1 aromatic heterocycles. The van der Waals surface area contributed by atoms with Crippen LogP contribution in [0.25, 0.3) is 10.9 Å². The number of fused-ring (bicyclic) bond motifs is 1. The van der Waals surface area contributed by atoms with Crippen LogP contribution < -0.4 is 15.2 Å². The average molecular weight is 563 g/mol. The lowest BCUT2D eigenvalue weighted by Crippen LogP contribution is -2.23. The van der Waals surface area contributed by atoms with E-state index in [1.807, 2.05) is 63.2 Å². The standard InChI is InChI=1S/C28H27BrN4O4/c1-17(2)26-31-24-12-10-21(29)13-23(24)27(34)33(26)30-15-20-9-11-22(32(3)4)14-25(20)37-16-18-5-7-19(8-6-18)28(35)36/h5-15,17H,16H2,1-4H3,(H,35,36). The summed E-state index contributed by atoms with van der Waals surface area (Å²) in [5.41, 5.74) is 3.03. The van der Waals surface area contributed by atoms with Crippen molar-refractivity contribution in [1.29, 1.82) is 0 Å². The minimum Gasteiger partial charge on any atom is -0.488 e. The van der Waals surface area contributed by atoms with Crippen molar-refractivity contribution in [3.63, 3.8) is 0 Å². The van der Waals surface area contributed by atoms with Crippen molar-refractivity contribution in [2.75, 3.05) is 19.0 Å². The lowest BCUT2D eigenvalue weighted by Gasteiger charge is -2.16. The van der Waals surface area contributed by atoms with Gasteiger partial charge in [0.25, 0.3) is 5.56 Å². The molecule has 4 rings (SSSR count). The fraction of sp³-hybridized carbons (Fsp3) is 0.214. The SMILES string of the molecule is CC(C)c1nc2ccc(Br)cc2c(=O)n1N=Cc1ccc(N(C)C)cc1OCc1ccc(C(=O)O)cc1. The summed E-state index contributed by atoms with van der Waals surface area (Å²) in [5, 5.41) is 14.1. The Morgan fingerprint density at radius 1 is 1.14 bits per heavy atom. The Morgan fingerprint density at radius 3 is 2.51 bits per heavy atom. The van der Waals surface area contributed by atoms with E-state index < -0.39 is 5.97 Å². The van der Waals surface area contributed by atoms with Gasteiger partial charge in [-0.1, -0.05) is 41.9 Å². The molecule has 0 saturated carbocycles. The Kier molecular flexibility index (Phi) is 7.73. The molecule has 0 unspecified atom stereocenters. The van der Waals surface area contributed by atoms with Gasteiger partial charge in [0.2, 0.25) is 0 Å². The zero-order valence-electron chi connectivity index (χ0n) is 21.0. The van der Waals surface area contributed by atoms with E-state index in [2.05, 4.69) is 21.0 Å². The van der Waals surface area contributed by atoms with E-state index >= 15 is 0 Å². The van der Waals surface area contributed by atoms with Crippen molar-refractivity contribution in [2.24, 2.45) is 5.10 Å². The zero-order chi connectivity index (χ0) is 26.7. The fourth-order valence-corrected chi connectivity index (χ4v) is 4.07. The van der Waals surface area contributed by atoms with E-state index in [0.717, 1.165) is 15.7 Å². The van der Waals surface area contributed by atoms with Gasteiger partial charge in [0.1, 0.15) is 18.2 Å². The Labute approximate surface area is 223 Å². The van der Waals surface area contributed by atoms with Crippen LogP contribution >= 0.6 is 15.9 Å². The molecule has 37 heavy (non-hydrogen) atoms. The van der Waals surface area contributed by atoms with Crippen molar-refractivity contribution in [2.45, 2.75) is 26.4 Å². The maximum absolute atomic E-state index is 13.4. The number of carbonyl (C=O) groups is 1. The van der Waals surface area contributed by atoms with Crippen LogP contribution in [0.4, 0.5) is 5.69 Å². The van der Waals surface area contributed by atoms with Gasteiger partial charge in [-0.15, -0.1) is 0 Å². The number of nitrogens with zero attached hydrogens (tertiary/aromatic N) is 4. The second-order valence-corrected chi connectivity index (χ2v) is 9.97. The van der Waals surface area contributed by atoms with Crippen molar-refractivity contribution in [3.8, 4) is 5.75 Å². The number of benzene rings is 3. The molecule has 0 aliphatic rings. The van der Waals surface area contributed by atoms with Gasteiger partial charge in [-0.25, -0.2) is 9.78 Å². The second kappa shape index (κ2) is 11.0. The van der Waals surface area contributed by atoms with Crippen molar-refractivity contribution in [3.05, 3.63) is 98.0 Å². The van der Waals surface area contributed by atoms with Gasteiger partial charge in [0.05, 0.1) is 22.7 Å². The number of carboxylic acids is 1. The highest BCUT2D eigenvalue weighted by atomic mass is 79.9. The Bertz CT molecular complexity index is 1540. The molecule has 9 heteroatoms. The maximum atomic E-state index is 13.4. The second-order valence-electron chi connectivity index (χ2n) is 9.06. The third-order valence-corrected chi connectivity index (χ3v) is 6.26. The van der Waals surface area contributed by atoms with Crippen LogP contribution in [0.5, 0.6) is 5.75 Å². The molecule has 0 amide bonds. The van der Waals surface area contributed by atoms with Crippen molar-refractivity contribution in [1.82, 2.24) is 9.66 Å². The number of aromatic carboxylic acids is 1. The fourth-order valence-electron chi connectivity index (χ4n) is 3.71. The lowest BCUT2D eigenvalue weighted by atomic mass is 10.1. The van der Waals surface area contributed by atoms with Crippen LogP contribution in [0.1, 0.15) is 47.1 Å². The number of anilines is 1. The largest absolute Gasteiger partial charge is 0.488 e. The smallest absolute Gasteiger partial charge is 0.335 e. The van der Waals surface area contributed by atoms with E-state index in [1.165, 1.54) is 4.68 Å². The lowest BCUT2D eigenvalue weighted by molar-refractivity contribution is 0.0697. The molecule has 3 aromatic carbocycles. The molecule has 0 bridgehead atoms. The predicted molar refractivity (Wildman–Crippen MR) is 149 cm³/mol. The summed E-state index contributed by atoms with van der Waals surface area (Å²) in [5.74, 6) is 0.129. The minimum absolute atomic E-state index is 0.0292. The Balaban J connectivity index is 1.72. The first-order valence-corrected chi connectivity index (χ1v) is 12.5. The topological polar surface area (TPSA) is 97.0 Å². The minimum atomic E-state index is -0.976. The normalized spacial score (nSPS) is 11.4. The first-order valence-electron chi connectivity index (χ1n) is 11.7. The summed E-state index contributed by atoms with van der Waals surface area (Å²) < 4.78 is 8.25. The van der Waals surface area contributed by atoms with Gasteiger partial charge in [-0.2, -0.15) is 9.78 Å². The summed E-state index contributed by atoms with van der Waals surface area (Å²) in [4.78, 5) is 31.1. The molecule has 0 saturated heterocycles. The van der Waals surface area contributed by atoms with Gasteiger partial charge >= 0.3 is 5.97 Å². The van der Waals surface area contributed by atoms with Crippen LogP contribution in [-0.4, -0.2) is 41.0 Å². The highest BCUT2D eigenvalue weighted by molar-refractivity contribution is 9.10. The Hall–Kier alpha value is -3.98. The monoisotopic (exact) mass is 562 g/mol. The van der Waals surface area contributed by atoms with E-state index in [0.29, 0.717) is 28.0 Å². The third kappa shape index (κ3) is 5.89. The molecular formula is C28H27BrN4O4. The molecule has 0 spiro atoms. The number of ether oxygens (including phenoxy) is 1. The van der Waals surface area contributed by atoms with E-state index in [-0.39, 0.29) is 23.6 Å². The summed E-state index contributed by atoms with van der Waals surface area (Å²) in [6.45, 7) is 4.17. The molecule has 1 heterocycles. The first-order chi connectivity index (χ1) is 17.6. The van der Waals surface area contributed by atoms with Crippen LogP contribution in [0.2, 0.25) is 0 Å². The van der Waals surface area contributed by atoms with Crippen LogP contribution in [0.15, 0.2) is 75.0 Å². The van der Waals surface area contributed by atoms with Gasteiger partial charge in [-0.05, 0) is 48.0 Å². The van der Waals surface area contributed by atoms with Gasteiger partial charge < -0.3 is 14.7 Å². The molecule has 4 aromatic rings. The van der Waals surface area contributed by atoms with Gasteiger partial charge in [0, 0.05) is 41.8 Å². The molecule has 0 radical (unpaired) electrons. The zero-order valence-corrected chi connectivity index (χ0v) is 22.6. The number of carboxylic acid groups (broad SMARTS) is 1. The number of hydrogen-bond donors (Lipinski definition) is 1. The maximum Gasteiger partial charge on any atom is 0.335 e. The molecular weight excluding hydrogens is 536 g/mol. The van der Waals surface area contributed by atoms with Gasteiger partial charge in [0.15, 0.2) is 0 Å². The number of hydrogen-bond acceptors (Lipinski definition) is 6. The average Bonchev–Trinajstić information content (AvgIpc) is 2.87. The molecule has 8 nitrogen and oxygen atoms in total. The summed E-state index contributed by atoms with van der Waals surface area (Å²) in [7, 11) is 3.87. The molecule has 0 atom stereocenters. The number of rotatable bonds is 8. The summed E-state index contributed by atoms with van der Waals surface area (Å²) in [6, 6.07) is 17.7. The number of halogens is 1. The first kappa shape index (κ1) is 26.1. The van der Waals surface area contributed by atoms with Crippen molar-refractivity contribution >= 4 is 44.7 Å². The predicted octanol–water partition coefficient (Wildman–Crippen LogP) is 5.51. The Morgan fingerprint density at radius 2 is 1.86 bits per heavy atom. The van der Waals surface area contributed by atoms with Crippen LogP contribution in [0.3, 0.4) is 0 Å². The third-order valence-electron chi connectivity index (χ3n) is 5.77. The van der Waals surface area contributed by atoms with Crippen molar-refractivity contribution < 1.29 is 14.6 Å². The van der Waals surface area contributed by atoms with Gasteiger partial charge in [-0.3, -0.25) is 4.79 Å². The highest BCUT2D eigenvalue weighted by Crippen LogP contribution is 2.25. The highest BCUT2D eigenvalue weighted by Gasteiger charge is 2.14. The molecule has 0 aliphatic heterocycles. The summed E-state index contributed by atoms with van der Waals surface area (Å²) in [6.07, 6.45) is 1.60. The van der Waals surface area contributed by atoms with Crippen LogP contribution in [-0.2, 0) is 6.61 Å². The van der Waals surface area contributed by atoms with E-state index in [9.17, 15) is 9.59 Å². The van der Waals surface area contributed by atoms with E-state index in [1.54, 1.807) is 36.5 Å². The molecule has 1 N–H and O–H groups in total.